The van der Waals surface area contributed by atoms with Gasteiger partial charge in [-0.15, -0.1) is 0 Å². The van der Waals surface area contributed by atoms with E-state index in [1.54, 1.807) is 0 Å². The fourth-order valence-electron chi connectivity index (χ4n) is 4.32. The lowest BCUT2D eigenvalue weighted by Gasteiger charge is -2.39. The van der Waals surface area contributed by atoms with E-state index >= 15 is 0 Å². The van der Waals surface area contributed by atoms with Crippen LogP contribution in [-0.4, -0.2) is 36.1 Å². The third kappa shape index (κ3) is 4.60. The van der Waals surface area contributed by atoms with Gasteiger partial charge in [-0.05, 0) is 63.4 Å². The number of ether oxygens (including phenoxy) is 1. The van der Waals surface area contributed by atoms with E-state index in [0.717, 1.165) is 39.0 Å². The molecule has 1 aromatic rings. The molecule has 2 fully saturated rings. The molecule has 2 aliphatic heterocycles. The maximum atomic E-state index is 12.7. The largest absolute Gasteiger partial charge is 0.376 e. The molecule has 0 aliphatic carbocycles. The van der Waals surface area contributed by atoms with Crippen LogP contribution in [0.15, 0.2) is 30.3 Å². The van der Waals surface area contributed by atoms with Crippen molar-refractivity contribution in [2.45, 2.75) is 58.0 Å². The Morgan fingerprint density at radius 1 is 1.25 bits per heavy atom. The van der Waals surface area contributed by atoms with E-state index in [9.17, 15) is 4.79 Å². The lowest BCUT2D eigenvalue weighted by atomic mass is 9.75. The second kappa shape index (κ2) is 7.69. The molecular weight excluding hydrogens is 298 g/mol. The summed E-state index contributed by atoms with van der Waals surface area (Å²) >= 11 is 0. The molecule has 2 heterocycles. The van der Waals surface area contributed by atoms with Crippen LogP contribution in [0, 0.1) is 11.8 Å². The summed E-state index contributed by atoms with van der Waals surface area (Å²) in [6.45, 7) is 7.09. The first-order valence-electron chi connectivity index (χ1n) is 9.49. The topological polar surface area (TPSA) is 29.5 Å². The summed E-state index contributed by atoms with van der Waals surface area (Å²) in [5, 5.41) is 0. The second-order valence-electron chi connectivity index (χ2n) is 8.10. The number of nitrogens with zero attached hydrogens (tertiary/aromatic N) is 1. The fourth-order valence-corrected chi connectivity index (χ4v) is 4.32. The smallest absolute Gasteiger partial charge is 0.222 e. The molecule has 132 valence electrons. The van der Waals surface area contributed by atoms with Crippen LogP contribution in [0.2, 0.25) is 0 Å². The van der Waals surface area contributed by atoms with Gasteiger partial charge in [-0.25, -0.2) is 0 Å². The van der Waals surface area contributed by atoms with Crippen molar-refractivity contribution in [1.82, 2.24) is 4.90 Å². The number of amides is 1. The lowest BCUT2D eigenvalue weighted by Crippen LogP contribution is -2.39. The molecule has 0 radical (unpaired) electrons. The summed E-state index contributed by atoms with van der Waals surface area (Å²) < 4.78 is 5.91. The number of hydrogen-bond acceptors (Lipinski definition) is 2. The summed E-state index contributed by atoms with van der Waals surface area (Å²) in [5.41, 5.74) is 1.29. The van der Waals surface area contributed by atoms with Gasteiger partial charge in [0.2, 0.25) is 5.91 Å². The van der Waals surface area contributed by atoms with Crippen LogP contribution in [0.5, 0.6) is 0 Å². The van der Waals surface area contributed by atoms with E-state index in [0.29, 0.717) is 24.2 Å². The third-order valence-electron chi connectivity index (χ3n) is 5.64. The summed E-state index contributed by atoms with van der Waals surface area (Å²) in [6, 6.07) is 10.6. The van der Waals surface area contributed by atoms with E-state index in [-0.39, 0.29) is 5.60 Å². The summed E-state index contributed by atoms with van der Waals surface area (Å²) in [6.07, 6.45) is 6.15. The minimum Gasteiger partial charge on any atom is -0.376 e. The van der Waals surface area contributed by atoms with Gasteiger partial charge in [0.05, 0.1) is 5.60 Å². The first-order chi connectivity index (χ1) is 11.5. The average molecular weight is 329 g/mol. The monoisotopic (exact) mass is 329 g/mol. The molecule has 0 bridgehead atoms. The minimum absolute atomic E-state index is 0.0610. The Morgan fingerprint density at radius 3 is 2.62 bits per heavy atom. The van der Waals surface area contributed by atoms with Crippen molar-refractivity contribution >= 4 is 5.91 Å². The maximum absolute atomic E-state index is 12.7. The van der Waals surface area contributed by atoms with Gasteiger partial charge in [-0.1, -0.05) is 30.3 Å². The molecular formula is C21H31NO2. The number of hydrogen-bond donors (Lipinski definition) is 0. The van der Waals surface area contributed by atoms with Crippen molar-refractivity contribution in [2.24, 2.45) is 11.8 Å². The Kier molecular flexibility index (Phi) is 5.60. The Hall–Kier alpha value is -1.35. The molecule has 1 amide bonds. The van der Waals surface area contributed by atoms with Crippen LogP contribution in [0.1, 0.15) is 51.5 Å². The molecule has 3 heteroatoms. The molecule has 24 heavy (non-hydrogen) atoms. The number of carbonyl (C=O) groups is 1. The van der Waals surface area contributed by atoms with Crippen LogP contribution in [0.4, 0.5) is 0 Å². The fraction of sp³-hybridized carbons (Fsp3) is 0.667. The van der Waals surface area contributed by atoms with Crippen LogP contribution >= 0.6 is 0 Å². The highest BCUT2D eigenvalue weighted by Gasteiger charge is 2.35. The van der Waals surface area contributed by atoms with Gasteiger partial charge in [0.15, 0.2) is 0 Å². The Labute approximate surface area is 146 Å². The van der Waals surface area contributed by atoms with Crippen molar-refractivity contribution in [2.75, 3.05) is 19.7 Å². The Morgan fingerprint density at radius 2 is 1.96 bits per heavy atom. The molecule has 3 nitrogen and oxygen atoms in total. The summed E-state index contributed by atoms with van der Waals surface area (Å²) in [5.74, 6) is 1.35. The SMILES string of the molecule is CC1(C)C[C@@H]([C@@H](CC(=O)N2CCCC2)Cc2ccccc2)CCO1. The lowest BCUT2D eigenvalue weighted by molar-refractivity contribution is -0.133. The van der Waals surface area contributed by atoms with Gasteiger partial charge in [-0.2, -0.15) is 0 Å². The molecule has 0 saturated carbocycles. The molecule has 2 saturated heterocycles. The second-order valence-corrected chi connectivity index (χ2v) is 8.10. The summed E-state index contributed by atoms with van der Waals surface area (Å²) in [7, 11) is 0. The Bertz CT molecular complexity index is 534. The molecule has 2 aliphatic rings. The van der Waals surface area contributed by atoms with Crippen LogP contribution in [0.3, 0.4) is 0 Å². The van der Waals surface area contributed by atoms with Gasteiger partial charge in [-0.3, -0.25) is 4.79 Å². The molecule has 0 N–H and O–H groups in total. The number of benzene rings is 1. The highest BCUT2D eigenvalue weighted by atomic mass is 16.5. The predicted molar refractivity (Wildman–Crippen MR) is 96.8 cm³/mol. The van der Waals surface area contributed by atoms with Crippen molar-refractivity contribution in [3.63, 3.8) is 0 Å². The first kappa shape index (κ1) is 17.5. The van der Waals surface area contributed by atoms with Crippen molar-refractivity contribution in [3.8, 4) is 0 Å². The number of rotatable bonds is 5. The van der Waals surface area contributed by atoms with Gasteiger partial charge in [0.1, 0.15) is 0 Å². The first-order valence-corrected chi connectivity index (χ1v) is 9.49. The van der Waals surface area contributed by atoms with Crippen molar-refractivity contribution in [1.29, 1.82) is 0 Å². The average Bonchev–Trinajstić information content (AvgIpc) is 3.09. The minimum atomic E-state index is -0.0610. The van der Waals surface area contributed by atoms with E-state index in [1.807, 2.05) is 0 Å². The molecule has 0 aromatic heterocycles. The van der Waals surface area contributed by atoms with Crippen LogP contribution in [0.25, 0.3) is 0 Å². The predicted octanol–water partition coefficient (Wildman–Crippen LogP) is 4.06. The highest BCUT2D eigenvalue weighted by molar-refractivity contribution is 5.76. The van der Waals surface area contributed by atoms with E-state index in [2.05, 4.69) is 49.1 Å². The van der Waals surface area contributed by atoms with Gasteiger partial charge >= 0.3 is 0 Å². The van der Waals surface area contributed by atoms with Crippen molar-refractivity contribution in [3.05, 3.63) is 35.9 Å². The zero-order chi connectivity index (χ0) is 17.0. The van der Waals surface area contributed by atoms with Crippen LogP contribution in [-0.2, 0) is 16.0 Å². The molecule has 2 atom stereocenters. The molecule has 0 unspecified atom stereocenters. The number of likely N-dealkylation sites (tertiary alicyclic amines) is 1. The normalized spacial score (nSPS) is 24.8. The van der Waals surface area contributed by atoms with Gasteiger partial charge < -0.3 is 9.64 Å². The van der Waals surface area contributed by atoms with Crippen LogP contribution < -0.4 is 0 Å². The zero-order valence-electron chi connectivity index (χ0n) is 15.2. The maximum Gasteiger partial charge on any atom is 0.222 e. The Balaban J connectivity index is 1.71. The third-order valence-corrected chi connectivity index (χ3v) is 5.64. The highest BCUT2D eigenvalue weighted by Crippen LogP contribution is 2.36. The van der Waals surface area contributed by atoms with E-state index < -0.39 is 0 Å². The van der Waals surface area contributed by atoms with E-state index in [1.165, 1.54) is 18.4 Å². The molecule has 1 aromatic carbocycles. The van der Waals surface area contributed by atoms with Gasteiger partial charge in [0, 0.05) is 26.1 Å². The molecule has 3 rings (SSSR count). The summed E-state index contributed by atoms with van der Waals surface area (Å²) in [4.78, 5) is 14.8. The molecule has 0 spiro atoms. The van der Waals surface area contributed by atoms with Crippen molar-refractivity contribution < 1.29 is 9.53 Å². The van der Waals surface area contributed by atoms with Gasteiger partial charge in [0.25, 0.3) is 0 Å². The quantitative estimate of drug-likeness (QED) is 0.815. The zero-order valence-corrected chi connectivity index (χ0v) is 15.2. The van der Waals surface area contributed by atoms with E-state index in [4.69, 9.17) is 4.74 Å². The number of carbonyl (C=O) groups excluding carboxylic acids is 1. The standard InChI is InChI=1S/C21H31NO2/c1-21(2)16-18(10-13-24-21)19(14-17-8-4-3-5-9-17)15-20(23)22-11-6-7-12-22/h3-5,8-9,18-19H,6-7,10-16H2,1-2H3/t18-,19+/m0/s1.